The Morgan fingerprint density at radius 3 is 2.67 bits per heavy atom. The molecule has 2 aromatic carbocycles. The van der Waals surface area contributed by atoms with Gasteiger partial charge in [0, 0.05) is 35.4 Å². The highest BCUT2D eigenvalue weighted by Crippen LogP contribution is 2.27. The molecule has 10 heteroatoms. The van der Waals surface area contributed by atoms with Crippen molar-refractivity contribution < 1.29 is 14.0 Å². The SMILES string of the molecule is CCNc1cc(Nc2ncc(C)c(Nc3ccc4oc(=O)n(OC=O)c4c3)n2)cc(C)c1C. The number of carbonyl (C=O) groups is 1. The van der Waals surface area contributed by atoms with Crippen molar-refractivity contribution in [2.75, 3.05) is 22.5 Å². The number of benzene rings is 2. The second-order valence-electron chi connectivity index (χ2n) is 7.52. The van der Waals surface area contributed by atoms with Gasteiger partial charge in [0.1, 0.15) is 11.3 Å². The third-order valence-electron chi connectivity index (χ3n) is 5.21. The summed E-state index contributed by atoms with van der Waals surface area (Å²) in [5.41, 5.74) is 6.33. The number of hydrogen-bond acceptors (Lipinski definition) is 9. The number of nitrogens with one attached hydrogen (secondary N) is 3. The van der Waals surface area contributed by atoms with Crippen LogP contribution in [-0.4, -0.2) is 27.7 Å². The molecule has 0 saturated carbocycles. The molecule has 2 heterocycles. The van der Waals surface area contributed by atoms with E-state index in [1.165, 1.54) is 5.56 Å². The monoisotopic (exact) mass is 448 g/mol. The summed E-state index contributed by atoms with van der Waals surface area (Å²) in [7, 11) is 0. The molecule has 4 rings (SSSR count). The summed E-state index contributed by atoms with van der Waals surface area (Å²) in [5, 5.41) is 9.85. The first-order chi connectivity index (χ1) is 15.9. The van der Waals surface area contributed by atoms with E-state index in [9.17, 15) is 9.59 Å². The van der Waals surface area contributed by atoms with Gasteiger partial charge in [0.05, 0.1) is 0 Å². The summed E-state index contributed by atoms with van der Waals surface area (Å²) in [6.07, 6.45) is 1.71. The molecular weight excluding hydrogens is 424 g/mol. The van der Waals surface area contributed by atoms with Gasteiger partial charge in [0.25, 0.3) is 0 Å². The van der Waals surface area contributed by atoms with Crippen LogP contribution in [0.25, 0.3) is 11.1 Å². The summed E-state index contributed by atoms with van der Waals surface area (Å²) >= 11 is 0. The third-order valence-corrected chi connectivity index (χ3v) is 5.21. The topological polar surface area (TPSA) is 123 Å². The maximum absolute atomic E-state index is 11.8. The third kappa shape index (κ3) is 4.49. The standard InChI is InChI=1S/C23H24N6O4/c1-5-24-18-9-17(8-13(2)15(18)4)27-22-25-11-14(3)21(28-22)26-16-6-7-20-19(10-16)29(32-12-30)23(31)33-20/h6-12,24H,5H2,1-4H3,(H2,25,26,27,28). The van der Waals surface area contributed by atoms with Crippen LogP contribution in [-0.2, 0) is 4.79 Å². The normalized spacial score (nSPS) is 10.8. The predicted molar refractivity (Wildman–Crippen MR) is 127 cm³/mol. The minimum atomic E-state index is -0.788. The van der Waals surface area contributed by atoms with Crippen molar-refractivity contribution in [1.29, 1.82) is 0 Å². The van der Waals surface area contributed by atoms with Gasteiger partial charge in [0.15, 0.2) is 5.58 Å². The number of carbonyl (C=O) groups excluding carboxylic acids is 1. The van der Waals surface area contributed by atoms with E-state index in [-0.39, 0.29) is 6.47 Å². The first-order valence-electron chi connectivity index (χ1n) is 10.4. The fraction of sp³-hybridized carbons (Fsp3) is 0.217. The molecule has 0 atom stereocenters. The van der Waals surface area contributed by atoms with E-state index in [0.29, 0.717) is 28.6 Å². The van der Waals surface area contributed by atoms with Crippen LogP contribution in [0.15, 0.2) is 45.7 Å². The minimum Gasteiger partial charge on any atom is -0.405 e. The lowest BCUT2D eigenvalue weighted by Gasteiger charge is -2.15. The molecule has 0 fully saturated rings. The highest BCUT2D eigenvalue weighted by Gasteiger charge is 2.13. The predicted octanol–water partition coefficient (Wildman–Crippen LogP) is 3.81. The van der Waals surface area contributed by atoms with Crippen LogP contribution in [0.1, 0.15) is 23.6 Å². The van der Waals surface area contributed by atoms with Crippen LogP contribution in [0.4, 0.5) is 28.8 Å². The molecule has 0 aliphatic heterocycles. The van der Waals surface area contributed by atoms with Crippen molar-refractivity contribution in [3.63, 3.8) is 0 Å². The van der Waals surface area contributed by atoms with Gasteiger partial charge >= 0.3 is 12.2 Å². The molecule has 0 bridgehead atoms. The molecular formula is C23H24N6O4. The summed E-state index contributed by atoms with van der Waals surface area (Å²) in [6, 6.07) is 9.05. The fourth-order valence-electron chi connectivity index (χ4n) is 3.42. The van der Waals surface area contributed by atoms with E-state index in [0.717, 1.165) is 33.8 Å². The Bertz CT molecular complexity index is 1390. The molecule has 0 saturated heterocycles. The number of aryl methyl sites for hydroxylation is 2. The molecule has 4 aromatic rings. The molecule has 0 amide bonds. The van der Waals surface area contributed by atoms with Gasteiger partial charge in [-0.25, -0.2) is 9.78 Å². The second kappa shape index (κ2) is 9.03. The van der Waals surface area contributed by atoms with E-state index in [1.54, 1.807) is 24.4 Å². The van der Waals surface area contributed by atoms with Crippen molar-refractivity contribution >= 4 is 46.4 Å². The van der Waals surface area contributed by atoms with Crippen LogP contribution in [0, 0.1) is 20.8 Å². The summed E-state index contributed by atoms with van der Waals surface area (Å²) in [5.74, 6) is 0.222. The van der Waals surface area contributed by atoms with Crippen molar-refractivity contribution in [1.82, 2.24) is 14.7 Å². The Balaban J connectivity index is 1.63. The van der Waals surface area contributed by atoms with Crippen molar-refractivity contribution in [2.45, 2.75) is 27.7 Å². The van der Waals surface area contributed by atoms with E-state index in [2.05, 4.69) is 46.7 Å². The molecule has 0 aliphatic carbocycles. The van der Waals surface area contributed by atoms with Crippen molar-refractivity contribution in [3.8, 4) is 0 Å². The largest absolute Gasteiger partial charge is 0.453 e. The van der Waals surface area contributed by atoms with Gasteiger partial charge in [-0.3, -0.25) is 4.79 Å². The average molecular weight is 448 g/mol. The van der Waals surface area contributed by atoms with Crippen LogP contribution in [0.5, 0.6) is 0 Å². The quantitative estimate of drug-likeness (QED) is 0.345. The first-order valence-corrected chi connectivity index (χ1v) is 10.4. The minimum absolute atomic E-state index is 0.164. The van der Waals surface area contributed by atoms with Crippen LogP contribution in [0.2, 0.25) is 0 Å². The molecule has 33 heavy (non-hydrogen) atoms. The molecule has 10 nitrogen and oxygen atoms in total. The lowest BCUT2D eigenvalue weighted by Crippen LogP contribution is -2.21. The number of hydrogen-bond donors (Lipinski definition) is 3. The highest BCUT2D eigenvalue weighted by atomic mass is 16.7. The number of anilines is 5. The number of rotatable bonds is 8. The molecule has 0 spiro atoms. The zero-order chi connectivity index (χ0) is 23.5. The number of fused-ring (bicyclic) bond motifs is 1. The first kappa shape index (κ1) is 21.9. The fourth-order valence-corrected chi connectivity index (χ4v) is 3.42. The van der Waals surface area contributed by atoms with E-state index in [4.69, 9.17) is 9.25 Å². The van der Waals surface area contributed by atoms with Crippen LogP contribution in [0.3, 0.4) is 0 Å². The lowest BCUT2D eigenvalue weighted by atomic mass is 10.1. The van der Waals surface area contributed by atoms with Gasteiger partial charge < -0.3 is 25.2 Å². The van der Waals surface area contributed by atoms with Gasteiger partial charge in [-0.2, -0.15) is 4.98 Å². The highest BCUT2D eigenvalue weighted by molar-refractivity contribution is 5.79. The number of aromatic nitrogens is 3. The summed E-state index contributed by atoms with van der Waals surface area (Å²) < 4.78 is 5.85. The Morgan fingerprint density at radius 2 is 1.91 bits per heavy atom. The maximum Gasteiger partial charge on any atom is 0.453 e. The Hall–Kier alpha value is -4.34. The van der Waals surface area contributed by atoms with Crippen LogP contribution >= 0.6 is 0 Å². The molecule has 3 N–H and O–H groups in total. The molecule has 2 aromatic heterocycles. The maximum atomic E-state index is 11.8. The lowest BCUT2D eigenvalue weighted by molar-refractivity contribution is -0.129. The molecule has 0 unspecified atom stereocenters. The summed E-state index contributed by atoms with van der Waals surface area (Å²) in [6.45, 7) is 9.07. The van der Waals surface area contributed by atoms with Gasteiger partial charge in [0.2, 0.25) is 5.95 Å². The van der Waals surface area contributed by atoms with E-state index in [1.807, 2.05) is 19.1 Å². The Labute approximate surface area is 189 Å². The van der Waals surface area contributed by atoms with E-state index >= 15 is 0 Å². The molecule has 0 aliphatic rings. The van der Waals surface area contributed by atoms with E-state index < -0.39 is 5.76 Å². The zero-order valence-electron chi connectivity index (χ0n) is 18.7. The van der Waals surface area contributed by atoms with Crippen LogP contribution < -0.4 is 26.5 Å². The average Bonchev–Trinajstić information content (AvgIpc) is 3.09. The van der Waals surface area contributed by atoms with Crippen molar-refractivity contribution in [3.05, 3.63) is 63.8 Å². The number of oxazole rings is 1. The van der Waals surface area contributed by atoms with Crippen molar-refractivity contribution in [2.24, 2.45) is 0 Å². The Morgan fingerprint density at radius 1 is 1.09 bits per heavy atom. The van der Waals surface area contributed by atoms with Gasteiger partial charge in [-0.05, 0) is 69.2 Å². The van der Waals surface area contributed by atoms with Gasteiger partial charge in [-0.1, -0.05) is 4.73 Å². The molecule has 170 valence electrons. The molecule has 0 radical (unpaired) electrons. The second-order valence-corrected chi connectivity index (χ2v) is 7.52. The smallest absolute Gasteiger partial charge is 0.405 e. The zero-order valence-corrected chi connectivity index (χ0v) is 18.7. The van der Waals surface area contributed by atoms with Gasteiger partial charge in [-0.15, -0.1) is 0 Å². The summed E-state index contributed by atoms with van der Waals surface area (Å²) in [4.78, 5) is 36.3. The Kier molecular flexibility index (Phi) is 5.99. The number of nitrogens with zero attached hydrogens (tertiary/aromatic N) is 3.